The van der Waals surface area contributed by atoms with Crippen LogP contribution in [0.5, 0.6) is 5.75 Å². The van der Waals surface area contributed by atoms with Gasteiger partial charge in [-0.15, -0.1) is 0 Å². The van der Waals surface area contributed by atoms with E-state index < -0.39 is 0 Å². The second-order valence-corrected chi connectivity index (χ2v) is 2.60. The monoisotopic (exact) mass is 150 g/mol. The molecule has 1 aromatic rings. The van der Waals surface area contributed by atoms with E-state index in [1.165, 1.54) is 0 Å². The van der Waals surface area contributed by atoms with Gasteiger partial charge in [0.15, 0.2) is 11.6 Å². The molecule has 0 N–H and O–H groups in total. The van der Waals surface area contributed by atoms with E-state index in [0.717, 1.165) is 24.7 Å². The van der Waals surface area contributed by atoms with Crippen LogP contribution in [0.3, 0.4) is 0 Å². The standard InChI is InChI=1S/C8H10N2O/c1-10-5-6-11-7-3-2-4-9-8(7)10/h2-4H,5-6H2,1H3. The Kier molecular flexibility index (Phi) is 1.42. The van der Waals surface area contributed by atoms with Gasteiger partial charge in [0.25, 0.3) is 0 Å². The Morgan fingerprint density at radius 1 is 1.64 bits per heavy atom. The topological polar surface area (TPSA) is 25.4 Å². The summed E-state index contributed by atoms with van der Waals surface area (Å²) < 4.78 is 5.39. The zero-order chi connectivity index (χ0) is 7.68. The molecule has 3 heteroatoms. The largest absolute Gasteiger partial charge is 0.488 e. The summed E-state index contributed by atoms with van der Waals surface area (Å²) in [4.78, 5) is 6.30. The molecule has 0 aromatic carbocycles. The van der Waals surface area contributed by atoms with Crippen molar-refractivity contribution in [1.82, 2.24) is 4.98 Å². The molecule has 0 saturated carbocycles. The van der Waals surface area contributed by atoms with Gasteiger partial charge in [0.05, 0.1) is 6.54 Å². The molecule has 1 aliphatic rings. The Hall–Kier alpha value is -1.25. The molecule has 0 radical (unpaired) electrons. The summed E-state index contributed by atoms with van der Waals surface area (Å²) in [5.74, 6) is 1.83. The molecule has 1 aliphatic heterocycles. The summed E-state index contributed by atoms with van der Waals surface area (Å²) in [6, 6.07) is 3.83. The van der Waals surface area contributed by atoms with Gasteiger partial charge in [-0.05, 0) is 12.1 Å². The third kappa shape index (κ3) is 1.02. The molecule has 0 aliphatic carbocycles. The first-order chi connectivity index (χ1) is 5.38. The highest BCUT2D eigenvalue weighted by molar-refractivity contribution is 5.52. The first-order valence-electron chi connectivity index (χ1n) is 3.67. The number of nitrogens with zero attached hydrogens (tertiary/aromatic N) is 2. The van der Waals surface area contributed by atoms with Gasteiger partial charge in [-0.3, -0.25) is 0 Å². The highest BCUT2D eigenvalue weighted by Crippen LogP contribution is 2.26. The predicted molar refractivity (Wildman–Crippen MR) is 43.0 cm³/mol. The Morgan fingerprint density at radius 2 is 2.55 bits per heavy atom. The number of hydrogen-bond donors (Lipinski definition) is 0. The van der Waals surface area contributed by atoms with Crippen LogP contribution in [0.1, 0.15) is 0 Å². The molecule has 0 unspecified atom stereocenters. The fourth-order valence-corrected chi connectivity index (χ4v) is 1.18. The minimum Gasteiger partial charge on any atom is -0.488 e. The Morgan fingerprint density at radius 3 is 3.36 bits per heavy atom. The van der Waals surface area contributed by atoms with Crippen LogP contribution in [0.2, 0.25) is 0 Å². The number of hydrogen-bond acceptors (Lipinski definition) is 3. The maximum absolute atomic E-state index is 5.39. The normalized spacial score (nSPS) is 15.5. The van der Waals surface area contributed by atoms with Crippen LogP contribution in [-0.2, 0) is 0 Å². The van der Waals surface area contributed by atoms with Gasteiger partial charge in [-0.25, -0.2) is 4.98 Å². The van der Waals surface area contributed by atoms with E-state index >= 15 is 0 Å². The molecular formula is C8H10N2O. The van der Waals surface area contributed by atoms with Crippen molar-refractivity contribution in [3.8, 4) is 5.75 Å². The lowest BCUT2D eigenvalue weighted by Gasteiger charge is -2.25. The van der Waals surface area contributed by atoms with Crippen LogP contribution in [0, 0.1) is 0 Å². The van der Waals surface area contributed by atoms with Gasteiger partial charge < -0.3 is 9.64 Å². The summed E-state index contributed by atoms with van der Waals surface area (Å²) in [6.07, 6.45) is 1.78. The second kappa shape index (κ2) is 2.42. The molecule has 11 heavy (non-hydrogen) atoms. The Bertz CT molecular complexity index is 262. The predicted octanol–water partition coefficient (Wildman–Crippen LogP) is 0.910. The van der Waals surface area contributed by atoms with E-state index in [2.05, 4.69) is 9.88 Å². The van der Waals surface area contributed by atoms with Crippen molar-refractivity contribution in [2.75, 3.05) is 25.1 Å². The minimum atomic E-state index is 0.759. The maximum atomic E-state index is 5.39. The van der Waals surface area contributed by atoms with Crippen molar-refractivity contribution < 1.29 is 4.74 Å². The first-order valence-corrected chi connectivity index (χ1v) is 3.67. The molecule has 0 fully saturated rings. The third-order valence-electron chi connectivity index (χ3n) is 1.80. The molecule has 0 saturated heterocycles. The molecule has 1 aromatic heterocycles. The summed E-state index contributed by atoms with van der Waals surface area (Å²) in [6.45, 7) is 1.68. The van der Waals surface area contributed by atoms with E-state index in [1.807, 2.05) is 19.2 Å². The van der Waals surface area contributed by atoms with Crippen molar-refractivity contribution in [3.63, 3.8) is 0 Å². The van der Waals surface area contributed by atoms with Gasteiger partial charge >= 0.3 is 0 Å². The number of rotatable bonds is 0. The van der Waals surface area contributed by atoms with Gasteiger partial charge in [0.2, 0.25) is 0 Å². The number of ether oxygens (including phenoxy) is 1. The fraction of sp³-hybridized carbons (Fsp3) is 0.375. The summed E-state index contributed by atoms with van der Waals surface area (Å²) in [7, 11) is 2.02. The Labute approximate surface area is 65.6 Å². The van der Waals surface area contributed by atoms with Crippen LogP contribution in [0.15, 0.2) is 18.3 Å². The summed E-state index contributed by atoms with van der Waals surface area (Å²) in [5, 5.41) is 0. The molecule has 58 valence electrons. The molecule has 0 bridgehead atoms. The molecule has 3 nitrogen and oxygen atoms in total. The number of pyridine rings is 1. The fourth-order valence-electron chi connectivity index (χ4n) is 1.18. The van der Waals surface area contributed by atoms with Gasteiger partial charge in [0.1, 0.15) is 6.61 Å². The van der Waals surface area contributed by atoms with Crippen molar-refractivity contribution in [1.29, 1.82) is 0 Å². The van der Waals surface area contributed by atoms with Crippen molar-refractivity contribution in [2.24, 2.45) is 0 Å². The lowest BCUT2D eigenvalue weighted by molar-refractivity contribution is 0.309. The SMILES string of the molecule is CN1CCOc2cccnc21. The zero-order valence-corrected chi connectivity index (χ0v) is 6.45. The molecule has 0 atom stereocenters. The lowest BCUT2D eigenvalue weighted by atomic mass is 10.3. The first kappa shape index (κ1) is 6.46. The smallest absolute Gasteiger partial charge is 0.171 e. The highest BCUT2D eigenvalue weighted by atomic mass is 16.5. The van der Waals surface area contributed by atoms with Crippen molar-refractivity contribution >= 4 is 5.82 Å². The van der Waals surface area contributed by atoms with Crippen LogP contribution in [0.25, 0.3) is 0 Å². The van der Waals surface area contributed by atoms with E-state index in [9.17, 15) is 0 Å². The molecule has 0 spiro atoms. The zero-order valence-electron chi connectivity index (χ0n) is 6.45. The number of aromatic nitrogens is 1. The highest BCUT2D eigenvalue weighted by Gasteiger charge is 2.14. The van der Waals surface area contributed by atoms with E-state index in [1.54, 1.807) is 6.20 Å². The molecule has 0 amide bonds. The second-order valence-electron chi connectivity index (χ2n) is 2.60. The van der Waals surface area contributed by atoms with E-state index in [0.29, 0.717) is 0 Å². The van der Waals surface area contributed by atoms with Crippen molar-refractivity contribution in [2.45, 2.75) is 0 Å². The van der Waals surface area contributed by atoms with Crippen LogP contribution in [-0.4, -0.2) is 25.2 Å². The maximum Gasteiger partial charge on any atom is 0.171 e. The summed E-state index contributed by atoms with van der Waals surface area (Å²) in [5.41, 5.74) is 0. The van der Waals surface area contributed by atoms with E-state index in [-0.39, 0.29) is 0 Å². The van der Waals surface area contributed by atoms with Gasteiger partial charge in [-0.1, -0.05) is 0 Å². The van der Waals surface area contributed by atoms with Gasteiger partial charge in [-0.2, -0.15) is 0 Å². The Balaban J connectivity index is 2.44. The quantitative estimate of drug-likeness (QED) is 0.549. The average molecular weight is 150 g/mol. The molecule has 2 heterocycles. The minimum absolute atomic E-state index is 0.759. The van der Waals surface area contributed by atoms with E-state index in [4.69, 9.17) is 4.74 Å². The van der Waals surface area contributed by atoms with Crippen LogP contribution >= 0.6 is 0 Å². The number of likely N-dealkylation sites (N-methyl/N-ethyl adjacent to an activating group) is 1. The summed E-state index contributed by atoms with van der Waals surface area (Å²) >= 11 is 0. The average Bonchev–Trinajstić information content (AvgIpc) is 2.06. The lowest BCUT2D eigenvalue weighted by Crippen LogP contribution is -2.29. The number of anilines is 1. The third-order valence-corrected chi connectivity index (χ3v) is 1.80. The van der Waals surface area contributed by atoms with Crippen molar-refractivity contribution in [3.05, 3.63) is 18.3 Å². The number of fused-ring (bicyclic) bond motifs is 1. The van der Waals surface area contributed by atoms with Crippen LogP contribution in [0.4, 0.5) is 5.82 Å². The van der Waals surface area contributed by atoms with Crippen LogP contribution < -0.4 is 9.64 Å². The van der Waals surface area contributed by atoms with Gasteiger partial charge in [0, 0.05) is 13.2 Å². The molecule has 2 rings (SSSR count). The molecular weight excluding hydrogens is 140 g/mol.